The molecule has 0 unspecified atom stereocenters. The molecular formula is C19H19N3O. The van der Waals surface area contributed by atoms with Crippen LogP contribution in [0.15, 0.2) is 65.1 Å². The maximum Gasteiger partial charge on any atom is 0.247 e. The zero-order valence-corrected chi connectivity index (χ0v) is 12.9. The Morgan fingerprint density at radius 2 is 1.57 bits per heavy atom. The van der Waals surface area contributed by atoms with Gasteiger partial charge in [0.25, 0.3) is 0 Å². The lowest BCUT2D eigenvalue weighted by atomic mass is 10.2. The van der Waals surface area contributed by atoms with Gasteiger partial charge in [-0.15, -0.1) is 10.2 Å². The largest absolute Gasteiger partial charge is 0.419 e. The predicted octanol–water partition coefficient (Wildman–Crippen LogP) is 3.90. The summed E-state index contributed by atoms with van der Waals surface area (Å²) in [4.78, 5) is 2.43. The minimum absolute atomic E-state index is 0.594. The zero-order valence-electron chi connectivity index (χ0n) is 12.9. The predicted molar refractivity (Wildman–Crippen MR) is 88.4 cm³/mol. The van der Waals surface area contributed by atoms with Crippen molar-refractivity contribution in [2.45, 2.75) is 32.0 Å². The van der Waals surface area contributed by atoms with Crippen LogP contribution >= 0.6 is 0 Å². The monoisotopic (exact) mass is 305 g/mol. The van der Waals surface area contributed by atoms with Gasteiger partial charge >= 0.3 is 0 Å². The Labute approximate surface area is 135 Å². The Hall–Kier alpha value is -2.46. The second-order valence-electron chi connectivity index (χ2n) is 5.99. The van der Waals surface area contributed by atoms with Crippen LogP contribution in [0.25, 0.3) is 11.5 Å². The van der Waals surface area contributed by atoms with E-state index in [1.54, 1.807) is 0 Å². The third kappa shape index (κ3) is 3.48. The van der Waals surface area contributed by atoms with Crippen molar-refractivity contribution >= 4 is 0 Å². The molecule has 1 heterocycles. The molecule has 1 aliphatic carbocycles. The van der Waals surface area contributed by atoms with E-state index in [1.807, 2.05) is 30.3 Å². The van der Waals surface area contributed by atoms with Gasteiger partial charge in [0.15, 0.2) is 0 Å². The molecule has 23 heavy (non-hydrogen) atoms. The van der Waals surface area contributed by atoms with Crippen LogP contribution in [-0.4, -0.2) is 21.1 Å². The van der Waals surface area contributed by atoms with E-state index in [-0.39, 0.29) is 0 Å². The molecule has 4 heteroatoms. The molecule has 0 aliphatic heterocycles. The standard InChI is InChI=1S/C19H19N3O/c1-3-7-15(8-4-1)13-22(17-11-12-17)14-18-20-21-19(23-18)16-9-5-2-6-10-16/h1-10,17H,11-14H2. The second-order valence-corrected chi connectivity index (χ2v) is 5.99. The van der Waals surface area contributed by atoms with Crippen molar-refractivity contribution in [3.63, 3.8) is 0 Å². The average Bonchev–Trinajstić information content (AvgIpc) is 3.35. The maximum atomic E-state index is 5.85. The van der Waals surface area contributed by atoms with Crippen LogP contribution in [-0.2, 0) is 13.1 Å². The number of rotatable bonds is 6. The number of hydrogen-bond acceptors (Lipinski definition) is 4. The minimum Gasteiger partial charge on any atom is -0.419 e. The van der Waals surface area contributed by atoms with Gasteiger partial charge in [-0.1, -0.05) is 48.5 Å². The minimum atomic E-state index is 0.594. The normalized spacial score (nSPS) is 14.3. The molecule has 0 N–H and O–H groups in total. The quantitative estimate of drug-likeness (QED) is 0.692. The van der Waals surface area contributed by atoms with Gasteiger partial charge < -0.3 is 4.42 Å². The summed E-state index contributed by atoms with van der Waals surface area (Å²) in [5, 5.41) is 8.41. The molecule has 1 aliphatic rings. The first kappa shape index (κ1) is 14.2. The highest BCUT2D eigenvalue weighted by Crippen LogP contribution is 2.30. The molecule has 3 aromatic rings. The van der Waals surface area contributed by atoms with Crippen molar-refractivity contribution in [2.75, 3.05) is 0 Å². The van der Waals surface area contributed by atoms with Crippen LogP contribution in [0, 0.1) is 0 Å². The number of hydrogen-bond donors (Lipinski definition) is 0. The summed E-state index contributed by atoms with van der Waals surface area (Å²) in [7, 11) is 0. The lowest BCUT2D eigenvalue weighted by Gasteiger charge is -2.19. The molecular weight excluding hydrogens is 286 g/mol. The number of benzene rings is 2. The van der Waals surface area contributed by atoms with Crippen LogP contribution in [0.5, 0.6) is 0 Å². The molecule has 2 aromatic carbocycles. The fourth-order valence-electron chi connectivity index (χ4n) is 2.76. The summed E-state index contributed by atoms with van der Waals surface area (Å²) in [6.07, 6.45) is 2.51. The first-order valence-electron chi connectivity index (χ1n) is 8.04. The lowest BCUT2D eigenvalue weighted by molar-refractivity contribution is 0.221. The van der Waals surface area contributed by atoms with Crippen molar-refractivity contribution in [3.8, 4) is 11.5 Å². The second kappa shape index (κ2) is 6.34. The van der Waals surface area contributed by atoms with Gasteiger partial charge in [0.1, 0.15) is 0 Å². The van der Waals surface area contributed by atoms with Gasteiger partial charge in [-0.05, 0) is 30.5 Å². The van der Waals surface area contributed by atoms with Crippen molar-refractivity contribution in [1.82, 2.24) is 15.1 Å². The molecule has 4 rings (SSSR count). The molecule has 0 spiro atoms. The number of aromatic nitrogens is 2. The molecule has 1 saturated carbocycles. The molecule has 0 atom stereocenters. The first-order chi connectivity index (χ1) is 11.4. The average molecular weight is 305 g/mol. The SMILES string of the molecule is c1ccc(CN(Cc2nnc(-c3ccccc3)o2)C2CC2)cc1. The third-order valence-corrected chi connectivity index (χ3v) is 4.12. The van der Waals surface area contributed by atoms with Crippen LogP contribution in [0.1, 0.15) is 24.3 Å². The van der Waals surface area contributed by atoms with Crippen molar-refractivity contribution in [2.24, 2.45) is 0 Å². The van der Waals surface area contributed by atoms with E-state index in [0.29, 0.717) is 24.4 Å². The summed E-state index contributed by atoms with van der Waals surface area (Å²) in [5.41, 5.74) is 2.29. The van der Waals surface area contributed by atoms with Gasteiger partial charge in [0.2, 0.25) is 11.8 Å². The summed E-state index contributed by atoms with van der Waals surface area (Å²) < 4.78 is 5.85. The Bertz CT molecular complexity index is 751. The van der Waals surface area contributed by atoms with E-state index < -0.39 is 0 Å². The van der Waals surface area contributed by atoms with E-state index >= 15 is 0 Å². The molecule has 0 amide bonds. The van der Waals surface area contributed by atoms with Crippen LogP contribution < -0.4 is 0 Å². The first-order valence-corrected chi connectivity index (χ1v) is 8.04. The van der Waals surface area contributed by atoms with E-state index in [9.17, 15) is 0 Å². The Morgan fingerprint density at radius 1 is 0.870 bits per heavy atom. The highest BCUT2D eigenvalue weighted by molar-refractivity contribution is 5.51. The van der Waals surface area contributed by atoms with E-state index in [4.69, 9.17) is 4.42 Å². The molecule has 4 nitrogen and oxygen atoms in total. The van der Waals surface area contributed by atoms with Gasteiger partial charge in [0.05, 0.1) is 6.54 Å². The summed E-state index contributed by atoms with van der Waals surface area (Å²) in [5.74, 6) is 1.28. The summed E-state index contributed by atoms with van der Waals surface area (Å²) >= 11 is 0. The van der Waals surface area contributed by atoms with Gasteiger partial charge in [-0.3, -0.25) is 4.90 Å². The molecule has 1 aromatic heterocycles. The Kier molecular flexibility index (Phi) is 3.90. The van der Waals surface area contributed by atoms with E-state index in [2.05, 4.69) is 45.4 Å². The molecule has 116 valence electrons. The van der Waals surface area contributed by atoms with E-state index in [0.717, 1.165) is 12.1 Å². The zero-order chi connectivity index (χ0) is 15.5. The topological polar surface area (TPSA) is 42.2 Å². The lowest BCUT2D eigenvalue weighted by Crippen LogP contribution is -2.25. The maximum absolute atomic E-state index is 5.85. The van der Waals surface area contributed by atoms with Gasteiger partial charge in [-0.2, -0.15) is 0 Å². The molecule has 0 bridgehead atoms. The highest BCUT2D eigenvalue weighted by atomic mass is 16.4. The third-order valence-electron chi connectivity index (χ3n) is 4.12. The molecule has 0 saturated heterocycles. The van der Waals surface area contributed by atoms with Gasteiger partial charge in [0, 0.05) is 18.2 Å². The van der Waals surface area contributed by atoms with Crippen LogP contribution in [0.4, 0.5) is 0 Å². The van der Waals surface area contributed by atoms with Crippen LogP contribution in [0.2, 0.25) is 0 Å². The fourth-order valence-corrected chi connectivity index (χ4v) is 2.76. The smallest absolute Gasteiger partial charge is 0.247 e. The van der Waals surface area contributed by atoms with Crippen molar-refractivity contribution < 1.29 is 4.42 Å². The fraction of sp³-hybridized carbons (Fsp3) is 0.263. The highest BCUT2D eigenvalue weighted by Gasteiger charge is 2.30. The molecule has 0 radical (unpaired) electrons. The summed E-state index contributed by atoms with van der Waals surface area (Å²) in [6.45, 7) is 1.63. The van der Waals surface area contributed by atoms with Crippen molar-refractivity contribution in [1.29, 1.82) is 0 Å². The van der Waals surface area contributed by atoms with Crippen molar-refractivity contribution in [3.05, 3.63) is 72.1 Å². The Balaban J connectivity index is 1.48. The number of nitrogens with zero attached hydrogens (tertiary/aromatic N) is 3. The van der Waals surface area contributed by atoms with E-state index in [1.165, 1.54) is 18.4 Å². The Morgan fingerprint density at radius 3 is 2.26 bits per heavy atom. The van der Waals surface area contributed by atoms with Gasteiger partial charge in [-0.25, -0.2) is 0 Å². The van der Waals surface area contributed by atoms with Crippen LogP contribution in [0.3, 0.4) is 0 Å². The molecule has 1 fully saturated rings. The summed E-state index contributed by atoms with van der Waals surface area (Å²) in [6, 6.07) is 21.1.